The maximum absolute atomic E-state index is 12.9. The Kier molecular flexibility index (Phi) is 3.05. The highest BCUT2D eigenvalue weighted by atomic mass is 35.5. The van der Waals surface area contributed by atoms with Crippen LogP contribution in [0.25, 0.3) is 0 Å². The molecule has 0 aromatic heterocycles. The Morgan fingerprint density at radius 1 is 1.29 bits per heavy atom. The van der Waals surface area contributed by atoms with Gasteiger partial charge in [-0.3, -0.25) is 10.1 Å². The van der Waals surface area contributed by atoms with Crippen molar-refractivity contribution in [2.45, 2.75) is 56.8 Å². The van der Waals surface area contributed by atoms with E-state index in [0.717, 1.165) is 23.4 Å². The van der Waals surface area contributed by atoms with Crippen molar-refractivity contribution in [2.24, 2.45) is 5.92 Å². The quantitative estimate of drug-likeness (QED) is 0.927. The van der Waals surface area contributed by atoms with Gasteiger partial charge in [-0.25, -0.2) is 0 Å². The van der Waals surface area contributed by atoms with Crippen LogP contribution in [0.4, 0.5) is 0 Å². The van der Waals surface area contributed by atoms with E-state index in [0.29, 0.717) is 17.9 Å². The largest absolute Gasteiger partial charge is 0.318 e. The van der Waals surface area contributed by atoms with Crippen molar-refractivity contribution in [1.29, 1.82) is 0 Å². The van der Waals surface area contributed by atoms with Gasteiger partial charge in [-0.05, 0) is 56.2 Å². The molecule has 112 valence electrons. The number of hydrogen-bond donors (Lipinski definition) is 1. The fourth-order valence-corrected chi connectivity index (χ4v) is 3.83. The SMILES string of the molecule is CC(C1CCC1)N1C(=O)C2(CC2)NC1c1ccc(Cl)cc1. The Bertz CT molecular complexity index is 563. The molecule has 4 heteroatoms. The van der Waals surface area contributed by atoms with Crippen molar-refractivity contribution in [1.82, 2.24) is 10.2 Å². The molecule has 1 N–H and O–H groups in total. The standard InChI is InChI=1S/C17H21ClN2O/c1-11(12-3-2-4-12)20-15(13-5-7-14(18)8-6-13)19-17(9-10-17)16(20)21/h5-8,11-12,15,19H,2-4,9-10H2,1H3. The predicted molar refractivity (Wildman–Crippen MR) is 82.9 cm³/mol. The van der Waals surface area contributed by atoms with E-state index in [4.69, 9.17) is 11.6 Å². The molecule has 3 aliphatic rings. The minimum absolute atomic E-state index is 0.00728. The second-order valence-electron chi connectivity index (χ2n) is 6.82. The van der Waals surface area contributed by atoms with Crippen LogP contribution < -0.4 is 5.32 Å². The number of nitrogens with one attached hydrogen (secondary N) is 1. The van der Waals surface area contributed by atoms with Crippen LogP contribution in [0.2, 0.25) is 5.02 Å². The van der Waals surface area contributed by atoms with Crippen LogP contribution in [-0.4, -0.2) is 22.4 Å². The molecule has 3 nitrogen and oxygen atoms in total. The number of benzene rings is 1. The number of rotatable bonds is 3. The van der Waals surface area contributed by atoms with Crippen LogP contribution in [-0.2, 0) is 4.79 Å². The van der Waals surface area contributed by atoms with Gasteiger partial charge < -0.3 is 4.90 Å². The van der Waals surface area contributed by atoms with Crippen LogP contribution in [0.15, 0.2) is 24.3 Å². The molecular formula is C17H21ClN2O. The van der Waals surface area contributed by atoms with Gasteiger partial charge in [0.15, 0.2) is 0 Å². The molecule has 2 saturated carbocycles. The summed E-state index contributed by atoms with van der Waals surface area (Å²) in [5.74, 6) is 0.973. The number of amides is 1. The smallest absolute Gasteiger partial charge is 0.244 e. The minimum Gasteiger partial charge on any atom is -0.318 e. The van der Waals surface area contributed by atoms with Crippen LogP contribution in [0.1, 0.15) is 50.8 Å². The van der Waals surface area contributed by atoms with Gasteiger partial charge in [-0.2, -0.15) is 0 Å². The van der Waals surface area contributed by atoms with Crippen molar-refractivity contribution in [3.8, 4) is 0 Å². The summed E-state index contributed by atoms with van der Waals surface area (Å²) < 4.78 is 0. The third kappa shape index (κ3) is 2.09. The first kappa shape index (κ1) is 13.6. The van der Waals surface area contributed by atoms with Gasteiger partial charge in [0.05, 0.1) is 0 Å². The molecule has 1 saturated heterocycles. The average molecular weight is 305 g/mol. The first-order valence-electron chi connectivity index (χ1n) is 7.97. The Morgan fingerprint density at radius 3 is 2.48 bits per heavy atom. The molecule has 2 atom stereocenters. The fourth-order valence-electron chi connectivity index (χ4n) is 3.70. The lowest BCUT2D eigenvalue weighted by molar-refractivity contribution is -0.134. The first-order valence-corrected chi connectivity index (χ1v) is 8.34. The van der Waals surface area contributed by atoms with Gasteiger partial charge in [-0.1, -0.05) is 30.2 Å². The second-order valence-corrected chi connectivity index (χ2v) is 7.26. The zero-order valence-electron chi connectivity index (χ0n) is 12.3. The molecule has 1 amide bonds. The van der Waals surface area contributed by atoms with E-state index in [1.54, 1.807) is 0 Å². The lowest BCUT2D eigenvalue weighted by Gasteiger charge is -2.39. The second kappa shape index (κ2) is 4.72. The van der Waals surface area contributed by atoms with Crippen molar-refractivity contribution in [2.75, 3.05) is 0 Å². The number of carbonyl (C=O) groups excluding carboxylic acids is 1. The minimum atomic E-state index is -0.262. The molecule has 2 unspecified atom stereocenters. The predicted octanol–water partition coefficient (Wildman–Crippen LogP) is 3.49. The Hall–Kier alpha value is -1.06. The normalized spacial score (nSPS) is 28.8. The summed E-state index contributed by atoms with van der Waals surface area (Å²) in [5.41, 5.74) is 0.880. The summed E-state index contributed by atoms with van der Waals surface area (Å²) in [4.78, 5) is 15.0. The Morgan fingerprint density at radius 2 is 1.95 bits per heavy atom. The molecule has 4 rings (SSSR count). The van der Waals surface area contributed by atoms with Gasteiger partial charge in [0.1, 0.15) is 11.7 Å². The lowest BCUT2D eigenvalue weighted by atomic mass is 9.79. The Balaban J connectivity index is 1.66. The summed E-state index contributed by atoms with van der Waals surface area (Å²) in [6.45, 7) is 2.22. The summed E-state index contributed by atoms with van der Waals surface area (Å²) >= 11 is 6.00. The van der Waals surface area contributed by atoms with Crippen LogP contribution in [0.3, 0.4) is 0 Å². The lowest BCUT2D eigenvalue weighted by Crippen LogP contribution is -2.44. The molecule has 0 radical (unpaired) electrons. The fraction of sp³-hybridized carbons (Fsp3) is 0.588. The zero-order valence-corrected chi connectivity index (χ0v) is 13.1. The van der Waals surface area contributed by atoms with E-state index >= 15 is 0 Å². The van der Waals surface area contributed by atoms with Crippen molar-refractivity contribution < 1.29 is 4.79 Å². The van der Waals surface area contributed by atoms with E-state index < -0.39 is 0 Å². The highest BCUT2D eigenvalue weighted by Gasteiger charge is 2.60. The molecule has 3 fully saturated rings. The molecule has 1 aliphatic heterocycles. The van der Waals surface area contributed by atoms with Crippen LogP contribution in [0.5, 0.6) is 0 Å². The van der Waals surface area contributed by atoms with Gasteiger partial charge in [-0.15, -0.1) is 0 Å². The van der Waals surface area contributed by atoms with Crippen molar-refractivity contribution in [3.05, 3.63) is 34.9 Å². The summed E-state index contributed by atoms with van der Waals surface area (Å²) in [6, 6.07) is 8.21. The number of hydrogen-bond acceptors (Lipinski definition) is 2. The molecule has 0 bridgehead atoms. The van der Waals surface area contributed by atoms with E-state index in [-0.39, 0.29) is 11.7 Å². The third-order valence-electron chi connectivity index (χ3n) is 5.54. The third-order valence-corrected chi connectivity index (χ3v) is 5.79. The highest BCUT2D eigenvalue weighted by molar-refractivity contribution is 6.30. The number of halogens is 1. The average Bonchev–Trinajstić information content (AvgIpc) is 3.11. The number of carbonyl (C=O) groups is 1. The zero-order chi connectivity index (χ0) is 14.6. The molecule has 1 spiro atoms. The first-order chi connectivity index (χ1) is 10.1. The number of nitrogens with zero attached hydrogens (tertiary/aromatic N) is 1. The van der Waals surface area contributed by atoms with Gasteiger partial charge in [0.25, 0.3) is 0 Å². The van der Waals surface area contributed by atoms with Gasteiger partial charge in [0, 0.05) is 11.1 Å². The molecule has 2 aliphatic carbocycles. The molecule has 1 heterocycles. The molecule has 1 aromatic carbocycles. The highest BCUT2D eigenvalue weighted by Crippen LogP contribution is 2.48. The maximum Gasteiger partial charge on any atom is 0.244 e. The van der Waals surface area contributed by atoms with Crippen LogP contribution >= 0.6 is 11.6 Å². The summed E-state index contributed by atoms with van der Waals surface area (Å²) in [6.07, 6.45) is 5.78. The van der Waals surface area contributed by atoms with Gasteiger partial charge in [0.2, 0.25) is 5.91 Å². The molecule has 1 aromatic rings. The van der Waals surface area contributed by atoms with Gasteiger partial charge >= 0.3 is 0 Å². The van der Waals surface area contributed by atoms with Crippen molar-refractivity contribution >= 4 is 17.5 Å². The van der Waals surface area contributed by atoms with E-state index in [9.17, 15) is 4.79 Å². The Labute approximate surface area is 130 Å². The van der Waals surface area contributed by atoms with E-state index in [2.05, 4.69) is 17.1 Å². The monoisotopic (exact) mass is 304 g/mol. The van der Waals surface area contributed by atoms with E-state index in [1.807, 2.05) is 24.3 Å². The molecular weight excluding hydrogens is 284 g/mol. The van der Waals surface area contributed by atoms with Crippen LogP contribution in [0, 0.1) is 5.92 Å². The molecule has 21 heavy (non-hydrogen) atoms. The summed E-state index contributed by atoms with van der Waals surface area (Å²) in [7, 11) is 0. The topological polar surface area (TPSA) is 32.3 Å². The maximum atomic E-state index is 12.9. The van der Waals surface area contributed by atoms with Crippen molar-refractivity contribution in [3.63, 3.8) is 0 Å². The summed E-state index contributed by atoms with van der Waals surface area (Å²) in [5, 5.41) is 4.33. The van der Waals surface area contributed by atoms with E-state index in [1.165, 1.54) is 19.3 Å².